The van der Waals surface area contributed by atoms with Crippen LogP contribution in [0.1, 0.15) is 47.4 Å². The Morgan fingerprint density at radius 2 is 1.51 bits per heavy atom. The lowest BCUT2D eigenvalue weighted by Gasteiger charge is -2.34. The van der Waals surface area contributed by atoms with Gasteiger partial charge in [0.15, 0.2) is 0 Å². The average molecular weight is 840 g/mol. The lowest BCUT2D eigenvalue weighted by atomic mass is 10.1. The number of anilines is 5. The highest BCUT2D eigenvalue weighted by molar-refractivity contribution is 5.99. The van der Waals surface area contributed by atoms with E-state index in [2.05, 4.69) is 71.5 Å². The van der Waals surface area contributed by atoms with E-state index in [0.29, 0.717) is 62.5 Å². The Morgan fingerprint density at radius 1 is 0.852 bits per heavy atom. The van der Waals surface area contributed by atoms with Crippen molar-refractivity contribution < 1.29 is 33.6 Å². The molecule has 0 bridgehead atoms. The van der Waals surface area contributed by atoms with E-state index in [1.807, 2.05) is 12.1 Å². The van der Waals surface area contributed by atoms with Gasteiger partial charge in [-0.05, 0) is 61.4 Å². The smallest absolute Gasteiger partial charge is 0.256 e. The number of aromatic nitrogens is 3. The van der Waals surface area contributed by atoms with Gasteiger partial charge >= 0.3 is 0 Å². The molecular weight excluding hydrogens is 779 g/mol. The second-order valence-corrected chi connectivity index (χ2v) is 15.1. The Labute approximate surface area is 359 Å². The van der Waals surface area contributed by atoms with E-state index in [1.54, 1.807) is 69.3 Å². The van der Waals surface area contributed by atoms with Gasteiger partial charge in [-0.3, -0.25) is 19.4 Å². The Balaban J connectivity index is 0.948. The molecule has 0 radical (unpaired) electrons. The number of benzene rings is 2. The van der Waals surface area contributed by atoms with Crippen LogP contribution in [0.15, 0.2) is 85.6 Å². The molecule has 0 unspecified atom stereocenters. The Kier molecular flexibility index (Phi) is 18.5. The summed E-state index contributed by atoms with van der Waals surface area (Å²) in [6, 6.07) is 21.1. The summed E-state index contributed by atoms with van der Waals surface area (Å²) in [5.41, 5.74) is 3.39. The van der Waals surface area contributed by atoms with Gasteiger partial charge in [0.1, 0.15) is 22.8 Å². The van der Waals surface area contributed by atoms with Crippen molar-refractivity contribution in [1.82, 2.24) is 30.1 Å². The Morgan fingerprint density at radius 3 is 2.18 bits per heavy atom. The van der Waals surface area contributed by atoms with Gasteiger partial charge < -0.3 is 44.9 Å². The molecule has 61 heavy (non-hydrogen) atoms. The van der Waals surface area contributed by atoms with E-state index in [1.165, 1.54) is 17.3 Å². The summed E-state index contributed by atoms with van der Waals surface area (Å²) < 4.78 is 22.3. The molecule has 2 aromatic carbocycles. The zero-order valence-corrected chi connectivity index (χ0v) is 35.9. The van der Waals surface area contributed by atoms with E-state index in [9.17, 15) is 14.7 Å². The second kappa shape index (κ2) is 24.2. The summed E-state index contributed by atoms with van der Waals surface area (Å²) >= 11 is 0. The summed E-state index contributed by atoms with van der Waals surface area (Å²) in [5, 5.41) is 19.4. The zero-order valence-electron chi connectivity index (χ0n) is 35.9. The highest BCUT2D eigenvalue weighted by atomic mass is 16.5. The van der Waals surface area contributed by atoms with Crippen molar-refractivity contribution >= 4 is 40.8 Å². The number of piperazine rings is 1. The maximum absolute atomic E-state index is 12.9. The van der Waals surface area contributed by atoms with Crippen molar-refractivity contribution in [3.63, 3.8) is 0 Å². The van der Waals surface area contributed by atoms with Crippen LogP contribution in [0, 0.1) is 0 Å². The minimum absolute atomic E-state index is 0.0870. The van der Waals surface area contributed by atoms with Crippen LogP contribution >= 0.6 is 0 Å². The molecule has 1 fully saturated rings. The van der Waals surface area contributed by atoms with Crippen molar-refractivity contribution in [2.24, 2.45) is 0 Å². The molecule has 3 heterocycles. The number of nitrogens with one attached hydrogen (secondary N) is 3. The zero-order chi connectivity index (χ0) is 43.5. The maximum Gasteiger partial charge on any atom is 0.256 e. The van der Waals surface area contributed by atoms with Crippen molar-refractivity contribution in [1.29, 1.82) is 0 Å². The van der Waals surface area contributed by atoms with E-state index in [0.717, 1.165) is 39.3 Å². The molecule has 0 spiro atoms. The number of methoxy groups -OCH3 is 1. The molecule has 1 saturated heterocycles. The first kappa shape index (κ1) is 46.7. The standard InChI is InChI=1S/C45H61N9O7/c1-6-19-46-43(56)38-31-47-44(51-42(38)50-40-9-7-8-39(49-40)45(2,3)57)48-36-14-16-37(17-15-36)52(4)41(55)18-25-59-27-29-61-30-28-60-26-24-53-20-22-54(23-21-53)32-34-10-12-35(13-11-34)33-58-5/h6-17,31,57H,1,18-30,32-33H2,2-5H3,(H,46,56)(H2,47,48,49,50,51). The number of hydrogen-bond acceptors (Lipinski definition) is 14. The number of nitrogens with zero attached hydrogens (tertiary/aromatic N) is 6. The van der Waals surface area contributed by atoms with E-state index in [4.69, 9.17) is 18.9 Å². The third kappa shape index (κ3) is 15.6. The van der Waals surface area contributed by atoms with Crippen LogP contribution in [0.4, 0.5) is 29.0 Å². The predicted molar refractivity (Wildman–Crippen MR) is 236 cm³/mol. The van der Waals surface area contributed by atoms with Gasteiger partial charge in [0.2, 0.25) is 11.9 Å². The molecule has 1 aliphatic rings. The Bertz CT molecular complexity index is 1970. The first-order chi connectivity index (χ1) is 29.5. The first-order valence-electron chi connectivity index (χ1n) is 20.6. The average Bonchev–Trinajstić information content (AvgIpc) is 3.26. The predicted octanol–water partition coefficient (Wildman–Crippen LogP) is 4.87. The minimum atomic E-state index is -1.16. The van der Waals surface area contributed by atoms with Gasteiger partial charge in [0.25, 0.3) is 5.91 Å². The largest absolute Gasteiger partial charge is 0.384 e. The van der Waals surface area contributed by atoms with E-state index < -0.39 is 11.5 Å². The van der Waals surface area contributed by atoms with E-state index >= 15 is 0 Å². The minimum Gasteiger partial charge on any atom is -0.384 e. The number of ether oxygens (including phenoxy) is 4. The lowest BCUT2D eigenvalue weighted by molar-refractivity contribution is -0.119. The second-order valence-electron chi connectivity index (χ2n) is 15.1. The molecule has 0 aliphatic carbocycles. The Hall–Kier alpha value is -5.33. The van der Waals surface area contributed by atoms with Crippen LogP contribution in [0.5, 0.6) is 0 Å². The third-order valence-corrected chi connectivity index (χ3v) is 9.91. The SMILES string of the molecule is C=CCNC(=O)c1cnc(Nc2ccc(N(C)C(=O)CCOCCOCCOCCN3CCN(Cc4ccc(COC)cc4)CC3)cc2)nc1Nc1cccc(C(C)(C)O)n1. The molecule has 16 heteroatoms. The molecule has 1 aliphatic heterocycles. The maximum atomic E-state index is 12.9. The van der Waals surface area contributed by atoms with Crippen LogP contribution < -0.4 is 20.9 Å². The molecule has 328 valence electrons. The van der Waals surface area contributed by atoms with Gasteiger partial charge in [-0.1, -0.05) is 36.4 Å². The topological polar surface area (TPSA) is 176 Å². The number of aliphatic hydroxyl groups is 1. The third-order valence-electron chi connectivity index (χ3n) is 9.91. The van der Waals surface area contributed by atoms with Gasteiger partial charge in [0, 0.05) is 77.5 Å². The van der Waals surface area contributed by atoms with Crippen LogP contribution in [-0.2, 0) is 42.5 Å². The van der Waals surface area contributed by atoms with Gasteiger partial charge in [0.05, 0.1) is 58.4 Å². The van der Waals surface area contributed by atoms with Gasteiger partial charge in [-0.15, -0.1) is 6.58 Å². The van der Waals surface area contributed by atoms with Gasteiger partial charge in [-0.25, -0.2) is 9.97 Å². The normalized spacial score (nSPS) is 13.5. The molecular formula is C45H61N9O7. The van der Waals surface area contributed by atoms with Crippen molar-refractivity contribution in [3.05, 3.63) is 108 Å². The first-order valence-corrected chi connectivity index (χ1v) is 20.6. The fourth-order valence-electron chi connectivity index (χ4n) is 6.37. The number of carbonyl (C=O) groups excluding carboxylic acids is 2. The molecule has 4 aromatic rings. The van der Waals surface area contributed by atoms with E-state index in [-0.39, 0.29) is 42.8 Å². The van der Waals surface area contributed by atoms with Crippen LogP contribution in [-0.4, -0.2) is 135 Å². The summed E-state index contributed by atoms with van der Waals surface area (Å²) in [7, 11) is 3.44. The van der Waals surface area contributed by atoms with Crippen LogP contribution in [0.2, 0.25) is 0 Å². The van der Waals surface area contributed by atoms with Crippen molar-refractivity contribution in [2.45, 2.75) is 39.0 Å². The van der Waals surface area contributed by atoms with Gasteiger partial charge in [-0.2, -0.15) is 4.98 Å². The molecule has 0 atom stereocenters. The molecule has 4 N–H and O–H groups in total. The summed E-state index contributed by atoms with van der Waals surface area (Å²) in [6.45, 7) is 16.7. The molecule has 0 saturated carbocycles. The number of carbonyl (C=O) groups is 2. The van der Waals surface area contributed by atoms with Crippen molar-refractivity contribution in [3.8, 4) is 0 Å². The van der Waals surface area contributed by atoms with Crippen LogP contribution in [0.3, 0.4) is 0 Å². The number of amides is 2. The lowest BCUT2D eigenvalue weighted by Crippen LogP contribution is -2.46. The fraction of sp³-hybridized carbons (Fsp3) is 0.444. The van der Waals surface area contributed by atoms with Crippen molar-refractivity contribution in [2.75, 3.05) is 109 Å². The summed E-state index contributed by atoms with van der Waals surface area (Å²) in [4.78, 5) is 45.7. The summed E-state index contributed by atoms with van der Waals surface area (Å²) in [6.07, 6.45) is 3.21. The molecule has 2 aromatic heterocycles. The number of hydrogen-bond donors (Lipinski definition) is 4. The number of rotatable bonds is 25. The monoisotopic (exact) mass is 839 g/mol. The quantitative estimate of drug-likeness (QED) is 0.0526. The highest BCUT2D eigenvalue weighted by Gasteiger charge is 2.20. The molecule has 2 amide bonds. The molecule has 16 nitrogen and oxygen atoms in total. The molecule has 5 rings (SSSR count). The van der Waals surface area contributed by atoms with Crippen LogP contribution in [0.25, 0.3) is 0 Å². The highest BCUT2D eigenvalue weighted by Crippen LogP contribution is 2.25. The number of pyridine rings is 1. The fourth-order valence-corrected chi connectivity index (χ4v) is 6.37. The summed E-state index contributed by atoms with van der Waals surface area (Å²) in [5.74, 6) is 0.353.